The zero-order chi connectivity index (χ0) is 23.9. The highest BCUT2D eigenvalue weighted by Crippen LogP contribution is 2.31. The van der Waals surface area contributed by atoms with Crippen LogP contribution in [0.15, 0.2) is 53.1 Å². The van der Waals surface area contributed by atoms with Gasteiger partial charge in [0.15, 0.2) is 0 Å². The summed E-state index contributed by atoms with van der Waals surface area (Å²) in [6, 6.07) is 11.4. The van der Waals surface area contributed by atoms with Gasteiger partial charge in [-0.2, -0.15) is 13.2 Å². The van der Waals surface area contributed by atoms with Crippen molar-refractivity contribution in [1.29, 1.82) is 0 Å². The molecule has 5 nitrogen and oxygen atoms in total. The second-order valence-corrected chi connectivity index (χ2v) is 9.87. The number of nitrogens with zero attached hydrogens (tertiary/aromatic N) is 3. The number of fused-ring (bicyclic) bond motifs is 1. The van der Waals surface area contributed by atoms with Crippen LogP contribution in [0.4, 0.5) is 13.2 Å². The van der Waals surface area contributed by atoms with Crippen LogP contribution in [0.3, 0.4) is 0 Å². The number of aromatic amines is 1. The van der Waals surface area contributed by atoms with Gasteiger partial charge in [-0.25, -0.2) is 4.98 Å². The highest BCUT2D eigenvalue weighted by molar-refractivity contribution is 9.10. The molecule has 2 aliphatic rings. The Labute approximate surface area is 204 Å². The number of hydrogen-bond donors (Lipinski definition) is 1. The van der Waals surface area contributed by atoms with Gasteiger partial charge >= 0.3 is 6.18 Å². The van der Waals surface area contributed by atoms with Crippen molar-refractivity contribution >= 4 is 21.8 Å². The van der Waals surface area contributed by atoms with Crippen molar-refractivity contribution in [2.45, 2.75) is 44.6 Å². The third kappa shape index (κ3) is 4.90. The van der Waals surface area contributed by atoms with E-state index < -0.39 is 11.7 Å². The van der Waals surface area contributed by atoms with Crippen LogP contribution in [-0.2, 0) is 30.5 Å². The second kappa shape index (κ2) is 9.19. The first kappa shape index (κ1) is 23.1. The average Bonchev–Trinajstić information content (AvgIpc) is 3.27. The Morgan fingerprint density at radius 2 is 1.79 bits per heavy atom. The summed E-state index contributed by atoms with van der Waals surface area (Å²) in [5.41, 5.74) is 3.19. The molecule has 178 valence electrons. The Kier molecular flexibility index (Phi) is 6.24. The third-order valence-corrected chi connectivity index (χ3v) is 7.17. The molecule has 2 aliphatic heterocycles. The molecule has 1 saturated heterocycles. The molecule has 0 bridgehead atoms. The smallest absolute Gasteiger partial charge is 0.341 e. The van der Waals surface area contributed by atoms with Gasteiger partial charge in [0.05, 0.1) is 12.0 Å². The number of benzene rings is 2. The fourth-order valence-electron chi connectivity index (χ4n) is 4.82. The number of nitrogens with one attached hydrogen (secondary N) is 1. The number of carbonyl (C=O) groups excluding carboxylic acids is 1. The van der Waals surface area contributed by atoms with Crippen LogP contribution in [0.1, 0.15) is 35.2 Å². The fourth-order valence-corrected chi connectivity index (χ4v) is 5.22. The lowest BCUT2D eigenvalue weighted by molar-refractivity contribution is -0.137. The zero-order valence-corrected chi connectivity index (χ0v) is 20.0. The highest BCUT2D eigenvalue weighted by atomic mass is 79.9. The molecular weight excluding hydrogens is 509 g/mol. The highest BCUT2D eigenvalue weighted by Gasteiger charge is 2.32. The number of likely N-dealkylation sites (tertiary alicyclic amines) is 1. The van der Waals surface area contributed by atoms with Crippen LogP contribution in [-0.4, -0.2) is 44.8 Å². The average molecular weight is 533 g/mol. The molecule has 1 amide bonds. The van der Waals surface area contributed by atoms with Gasteiger partial charge in [-0.3, -0.25) is 9.69 Å². The van der Waals surface area contributed by atoms with Crippen LogP contribution in [0.5, 0.6) is 0 Å². The Bertz CT molecular complexity index is 1180. The van der Waals surface area contributed by atoms with Crippen LogP contribution < -0.4 is 0 Å². The van der Waals surface area contributed by atoms with Crippen molar-refractivity contribution in [2.75, 3.05) is 13.1 Å². The van der Waals surface area contributed by atoms with E-state index in [1.165, 1.54) is 17.7 Å². The summed E-state index contributed by atoms with van der Waals surface area (Å²) in [5.74, 6) is 0.755. The zero-order valence-electron chi connectivity index (χ0n) is 18.4. The SMILES string of the molecule is O=C1Cc2ccc(Br)cc2CN1C1CCN(Cc2cnc(-c3ccc(C(F)(F)F)cc3)[nH]2)CC1. The minimum absolute atomic E-state index is 0.197. The van der Waals surface area contributed by atoms with Gasteiger partial charge in [0.1, 0.15) is 5.82 Å². The summed E-state index contributed by atoms with van der Waals surface area (Å²) in [6.07, 6.45) is -0.326. The van der Waals surface area contributed by atoms with Crippen molar-refractivity contribution in [1.82, 2.24) is 19.8 Å². The monoisotopic (exact) mass is 532 g/mol. The molecule has 0 saturated carbocycles. The molecule has 34 heavy (non-hydrogen) atoms. The maximum absolute atomic E-state index is 12.8. The van der Waals surface area contributed by atoms with Crippen molar-refractivity contribution < 1.29 is 18.0 Å². The molecule has 2 aromatic carbocycles. The van der Waals surface area contributed by atoms with Crippen LogP contribution in [0, 0.1) is 0 Å². The Hall–Kier alpha value is -2.65. The van der Waals surface area contributed by atoms with Gasteiger partial charge < -0.3 is 9.88 Å². The molecule has 3 aromatic rings. The van der Waals surface area contributed by atoms with Gasteiger partial charge in [-0.15, -0.1) is 0 Å². The molecule has 0 aliphatic carbocycles. The first-order valence-corrected chi connectivity index (χ1v) is 12.1. The Morgan fingerprint density at radius 1 is 1.06 bits per heavy atom. The molecular formula is C25H24BrF3N4O. The standard InChI is InChI=1S/C25H24BrF3N4O/c26-20-6-3-17-12-23(34)33(14-18(17)11-20)22-7-9-32(10-8-22)15-21-13-30-24(31-21)16-1-4-19(5-2-16)25(27,28)29/h1-6,11,13,22H,7-10,12,14-15H2,(H,30,31). The third-order valence-electron chi connectivity index (χ3n) is 6.68. The number of amides is 1. The fraction of sp³-hybridized carbons (Fsp3) is 0.360. The first-order chi connectivity index (χ1) is 16.3. The lowest BCUT2D eigenvalue weighted by Crippen LogP contribution is -2.48. The van der Waals surface area contributed by atoms with Gasteiger partial charge in [0, 0.05) is 54.1 Å². The second-order valence-electron chi connectivity index (χ2n) is 8.95. The van der Waals surface area contributed by atoms with E-state index in [1.54, 1.807) is 6.20 Å². The summed E-state index contributed by atoms with van der Waals surface area (Å²) in [5, 5.41) is 0. The summed E-state index contributed by atoms with van der Waals surface area (Å²) in [7, 11) is 0. The quantitative estimate of drug-likeness (QED) is 0.489. The van der Waals surface area contributed by atoms with Crippen LogP contribution in [0.2, 0.25) is 0 Å². The van der Waals surface area contributed by atoms with Crippen molar-refractivity contribution in [3.05, 3.63) is 75.5 Å². The van der Waals surface area contributed by atoms with E-state index >= 15 is 0 Å². The maximum atomic E-state index is 12.8. The summed E-state index contributed by atoms with van der Waals surface area (Å²) >= 11 is 3.53. The van der Waals surface area contributed by atoms with E-state index in [1.807, 2.05) is 17.0 Å². The first-order valence-electron chi connectivity index (χ1n) is 11.3. The minimum Gasteiger partial charge on any atom is -0.341 e. The molecule has 0 unspecified atom stereocenters. The molecule has 1 aromatic heterocycles. The number of hydrogen-bond acceptors (Lipinski definition) is 3. The molecule has 0 atom stereocenters. The predicted molar refractivity (Wildman–Crippen MR) is 126 cm³/mol. The summed E-state index contributed by atoms with van der Waals surface area (Å²) < 4.78 is 39.4. The molecule has 9 heteroatoms. The normalized spacial score (nSPS) is 17.8. The lowest BCUT2D eigenvalue weighted by atomic mass is 9.95. The molecule has 0 spiro atoms. The molecule has 1 fully saturated rings. The van der Waals surface area contributed by atoms with E-state index in [4.69, 9.17) is 0 Å². The van der Waals surface area contributed by atoms with Crippen LogP contribution in [0.25, 0.3) is 11.4 Å². The molecule has 3 heterocycles. The van der Waals surface area contributed by atoms with Gasteiger partial charge in [-0.1, -0.05) is 34.1 Å². The largest absolute Gasteiger partial charge is 0.416 e. The minimum atomic E-state index is -4.35. The summed E-state index contributed by atoms with van der Waals surface area (Å²) in [6.45, 7) is 3.09. The molecule has 1 N–H and O–H groups in total. The van der Waals surface area contributed by atoms with Crippen molar-refractivity contribution in [3.63, 3.8) is 0 Å². The maximum Gasteiger partial charge on any atom is 0.416 e. The van der Waals surface area contributed by atoms with Gasteiger partial charge in [-0.05, 0) is 48.2 Å². The number of rotatable bonds is 4. The Balaban J connectivity index is 1.17. The topological polar surface area (TPSA) is 52.2 Å². The van der Waals surface area contributed by atoms with Gasteiger partial charge in [0.25, 0.3) is 0 Å². The number of H-pyrrole nitrogens is 1. The molecule has 0 radical (unpaired) electrons. The molecule has 5 rings (SSSR count). The van der Waals surface area contributed by atoms with E-state index in [0.717, 1.165) is 53.8 Å². The predicted octanol–water partition coefficient (Wildman–Crippen LogP) is 5.41. The van der Waals surface area contributed by atoms with Crippen molar-refractivity contribution in [2.24, 2.45) is 0 Å². The summed E-state index contributed by atoms with van der Waals surface area (Å²) in [4.78, 5) is 24.7. The van der Waals surface area contributed by atoms with E-state index in [2.05, 4.69) is 36.9 Å². The van der Waals surface area contributed by atoms with E-state index in [9.17, 15) is 18.0 Å². The number of imidazole rings is 1. The van der Waals surface area contributed by atoms with Crippen LogP contribution >= 0.6 is 15.9 Å². The Morgan fingerprint density at radius 3 is 2.50 bits per heavy atom. The number of halogens is 4. The number of aromatic nitrogens is 2. The van der Waals surface area contributed by atoms with Gasteiger partial charge in [0.2, 0.25) is 5.91 Å². The lowest BCUT2D eigenvalue weighted by Gasteiger charge is -2.40. The van der Waals surface area contributed by atoms with E-state index in [-0.39, 0.29) is 11.9 Å². The number of carbonyl (C=O) groups is 1. The number of alkyl halides is 3. The van der Waals surface area contributed by atoms with E-state index in [0.29, 0.717) is 30.9 Å². The van der Waals surface area contributed by atoms with Crippen molar-refractivity contribution in [3.8, 4) is 11.4 Å². The number of piperidine rings is 1.